The van der Waals surface area contributed by atoms with E-state index >= 15 is 0 Å². The predicted octanol–water partition coefficient (Wildman–Crippen LogP) is 4.51. The number of amides is 1. The fourth-order valence-corrected chi connectivity index (χ4v) is 4.05. The lowest BCUT2D eigenvalue weighted by atomic mass is 9.90. The van der Waals surface area contributed by atoms with Gasteiger partial charge in [-0.2, -0.15) is 0 Å². The Morgan fingerprint density at radius 3 is 2.39 bits per heavy atom. The highest BCUT2D eigenvalue weighted by Gasteiger charge is 2.23. The van der Waals surface area contributed by atoms with Crippen molar-refractivity contribution in [1.82, 2.24) is 4.98 Å². The molecule has 36 heavy (non-hydrogen) atoms. The number of carbonyl (C=O) groups is 2. The second kappa shape index (κ2) is 9.67. The number of ether oxygens (including phenoxy) is 1. The van der Waals surface area contributed by atoms with Crippen molar-refractivity contribution in [2.75, 3.05) is 6.61 Å². The van der Waals surface area contributed by atoms with Gasteiger partial charge < -0.3 is 26.3 Å². The van der Waals surface area contributed by atoms with Crippen molar-refractivity contribution in [2.24, 2.45) is 16.5 Å². The molecule has 0 spiro atoms. The lowest BCUT2D eigenvalue weighted by Crippen LogP contribution is -2.32. The summed E-state index contributed by atoms with van der Waals surface area (Å²) < 4.78 is 5.09. The van der Waals surface area contributed by atoms with E-state index in [0.29, 0.717) is 39.1 Å². The third kappa shape index (κ3) is 4.85. The number of nitrogens with zero attached hydrogens (tertiary/aromatic N) is 1. The maximum atomic E-state index is 12.2. The minimum absolute atomic E-state index is 0.0159. The molecule has 0 atom stereocenters. The van der Waals surface area contributed by atoms with Gasteiger partial charge in [-0.05, 0) is 56.7 Å². The van der Waals surface area contributed by atoms with Crippen LogP contribution in [0.1, 0.15) is 58.3 Å². The molecule has 0 aliphatic heterocycles. The van der Waals surface area contributed by atoms with Gasteiger partial charge in [0.25, 0.3) is 0 Å². The highest BCUT2D eigenvalue weighted by atomic mass is 16.5. The van der Waals surface area contributed by atoms with Crippen LogP contribution in [0.2, 0.25) is 0 Å². The number of carbonyl (C=O) groups excluding carboxylic acids is 2. The zero-order chi connectivity index (χ0) is 26.0. The van der Waals surface area contributed by atoms with Crippen LogP contribution in [0, 0.1) is 0 Å². The first-order valence-electron chi connectivity index (χ1n) is 11.5. The topological polar surface area (TPSA) is 144 Å². The predicted molar refractivity (Wildman–Crippen MR) is 140 cm³/mol. The van der Waals surface area contributed by atoms with Crippen LogP contribution in [0.4, 0.5) is 5.69 Å². The Hall–Kier alpha value is -4.43. The number of hydrogen-bond donors (Lipinski definition) is 4. The lowest BCUT2D eigenvalue weighted by molar-refractivity contribution is 0.0526. The Labute approximate surface area is 208 Å². The molecule has 4 aromatic rings. The van der Waals surface area contributed by atoms with Crippen molar-refractivity contribution in [2.45, 2.75) is 26.3 Å². The summed E-state index contributed by atoms with van der Waals surface area (Å²) in [5.41, 5.74) is 14.9. The molecule has 1 aromatic heterocycles. The number of rotatable bonds is 7. The zero-order valence-corrected chi connectivity index (χ0v) is 20.3. The third-order valence-electron chi connectivity index (χ3n) is 5.77. The molecule has 6 N–H and O–H groups in total. The van der Waals surface area contributed by atoms with Crippen molar-refractivity contribution >= 4 is 34.2 Å². The molecule has 3 aromatic carbocycles. The molecule has 0 saturated carbocycles. The largest absolute Gasteiger partial charge is 0.505 e. The summed E-state index contributed by atoms with van der Waals surface area (Å²) in [6.45, 7) is 5.58. The molecular weight excluding hydrogens is 456 g/mol. The minimum Gasteiger partial charge on any atom is -0.505 e. The van der Waals surface area contributed by atoms with Gasteiger partial charge in [-0.15, -0.1) is 0 Å². The number of fused-ring (bicyclic) bond motifs is 1. The third-order valence-corrected chi connectivity index (χ3v) is 5.77. The molecule has 4 rings (SSSR count). The second-order valence-corrected chi connectivity index (χ2v) is 8.97. The first-order chi connectivity index (χ1) is 17.1. The number of aromatic nitrogens is 1. The molecule has 0 bridgehead atoms. The van der Waals surface area contributed by atoms with Gasteiger partial charge in [0.15, 0.2) is 5.75 Å². The number of primary amides is 1. The van der Waals surface area contributed by atoms with Crippen molar-refractivity contribution in [3.63, 3.8) is 0 Å². The molecule has 0 saturated heterocycles. The normalized spacial score (nSPS) is 12.1. The number of aromatic hydroxyl groups is 1. The maximum Gasteiger partial charge on any atom is 0.338 e. The summed E-state index contributed by atoms with van der Waals surface area (Å²) in [6.07, 6.45) is 0. The molecule has 0 aliphatic carbocycles. The standard InChI is InChI=1S/C28H28N4O4/c1-4-36-27(35)17-10-12-19-22(14-17)32-24(25(19)33)23(16-8-6-5-7-9-16)31-18-11-13-21(28(2,3)30)20(15-18)26(29)34/h5-15,32-33H,4,30H2,1-3H3,(H2,29,34). The molecule has 8 heteroatoms. The van der Waals surface area contributed by atoms with Crippen molar-refractivity contribution < 1.29 is 19.4 Å². The summed E-state index contributed by atoms with van der Waals surface area (Å²) in [7, 11) is 0. The molecule has 0 aliphatic rings. The van der Waals surface area contributed by atoms with Crippen LogP contribution in [0.25, 0.3) is 10.9 Å². The minimum atomic E-state index is -0.777. The Bertz CT molecular complexity index is 1480. The van der Waals surface area contributed by atoms with Crippen molar-refractivity contribution in [3.05, 3.63) is 94.7 Å². The Balaban J connectivity index is 1.90. The quantitative estimate of drug-likeness (QED) is 0.225. The molecular formula is C28H28N4O4. The van der Waals surface area contributed by atoms with E-state index in [2.05, 4.69) is 4.98 Å². The number of H-pyrrole nitrogens is 1. The van der Waals surface area contributed by atoms with Crippen LogP contribution in [-0.2, 0) is 10.3 Å². The van der Waals surface area contributed by atoms with Crippen LogP contribution < -0.4 is 11.5 Å². The van der Waals surface area contributed by atoms with Gasteiger partial charge in [0.2, 0.25) is 5.91 Å². The first-order valence-corrected chi connectivity index (χ1v) is 11.5. The Morgan fingerprint density at radius 2 is 1.75 bits per heavy atom. The van der Waals surface area contributed by atoms with E-state index in [4.69, 9.17) is 21.2 Å². The van der Waals surface area contributed by atoms with Crippen LogP contribution in [0.5, 0.6) is 5.75 Å². The number of benzene rings is 3. The Morgan fingerprint density at radius 1 is 1.03 bits per heavy atom. The van der Waals surface area contributed by atoms with E-state index < -0.39 is 17.4 Å². The number of aliphatic imine (C=N–C) groups is 1. The summed E-state index contributed by atoms with van der Waals surface area (Å²) in [5.74, 6) is -1.08. The summed E-state index contributed by atoms with van der Waals surface area (Å²) >= 11 is 0. The van der Waals surface area contributed by atoms with Crippen LogP contribution in [0.15, 0.2) is 71.7 Å². The lowest BCUT2D eigenvalue weighted by Gasteiger charge is -2.22. The Kier molecular flexibility index (Phi) is 6.63. The van der Waals surface area contributed by atoms with E-state index in [1.807, 2.05) is 30.3 Å². The van der Waals surface area contributed by atoms with Gasteiger partial charge in [0.1, 0.15) is 5.69 Å². The number of nitrogens with two attached hydrogens (primary N) is 2. The SMILES string of the molecule is CCOC(=O)c1ccc2c(O)c(C(=Nc3ccc(C(C)(C)N)c(C(N)=O)c3)c3ccccc3)[nH]c2c1. The van der Waals surface area contributed by atoms with Crippen LogP contribution in [-0.4, -0.2) is 34.3 Å². The van der Waals surface area contributed by atoms with E-state index in [1.165, 1.54) is 0 Å². The summed E-state index contributed by atoms with van der Waals surface area (Å²) in [5, 5.41) is 11.6. The fraction of sp³-hybridized carbons (Fsp3) is 0.179. The molecule has 8 nitrogen and oxygen atoms in total. The van der Waals surface area contributed by atoms with E-state index in [-0.39, 0.29) is 17.9 Å². The van der Waals surface area contributed by atoms with Gasteiger partial charge in [-0.3, -0.25) is 4.79 Å². The van der Waals surface area contributed by atoms with Crippen LogP contribution >= 0.6 is 0 Å². The van der Waals surface area contributed by atoms with Crippen molar-refractivity contribution in [3.8, 4) is 5.75 Å². The smallest absolute Gasteiger partial charge is 0.338 e. The maximum absolute atomic E-state index is 12.2. The van der Waals surface area contributed by atoms with Gasteiger partial charge in [-0.25, -0.2) is 9.79 Å². The molecule has 0 unspecified atom stereocenters. The molecule has 0 fully saturated rings. The van der Waals surface area contributed by atoms with E-state index in [9.17, 15) is 14.7 Å². The number of nitrogens with one attached hydrogen (secondary N) is 1. The van der Waals surface area contributed by atoms with Gasteiger partial charge in [0.05, 0.1) is 29.1 Å². The first kappa shape index (κ1) is 24.7. The highest BCUT2D eigenvalue weighted by molar-refractivity contribution is 6.17. The summed E-state index contributed by atoms with van der Waals surface area (Å²) in [6, 6.07) is 19.3. The second-order valence-electron chi connectivity index (χ2n) is 8.97. The number of hydrogen-bond acceptors (Lipinski definition) is 6. The fourth-order valence-electron chi connectivity index (χ4n) is 4.05. The zero-order valence-electron chi connectivity index (χ0n) is 20.3. The van der Waals surface area contributed by atoms with Gasteiger partial charge in [0, 0.05) is 22.1 Å². The van der Waals surface area contributed by atoms with Crippen molar-refractivity contribution in [1.29, 1.82) is 0 Å². The van der Waals surface area contributed by atoms with Gasteiger partial charge in [-0.1, -0.05) is 36.4 Å². The average molecular weight is 485 g/mol. The number of aromatic amines is 1. The van der Waals surface area contributed by atoms with Gasteiger partial charge >= 0.3 is 5.97 Å². The average Bonchev–Trinajstić information content (AvgIpc) is 3.17. The summed E-state index contributed by atoms with van der Waals surface area (Å²) in [4.78, 5) is 32.4. The molecule has 0 radical (unpaired) electrons. The number of esters is 1. The monoisotopic (exact) mass is 484 g/mol. The van der Waals surface area contributed by atoms with E-state index in [1.54, 1.807) is 57.2 Å². The van der Waals surface area contributed by atoms with E-state index in [0.717, 1.165) is 5.56 Å². The van der Waals surface area contributed by atoms with Crippen LogP contribution in [0.3, 0.4) is 0 Å². The molecule has 184 valence electrons. The highest BCUT2D eigenvalue weighted by Crippen LogP contribution is 2.33. The molecule has 1 amide bonds. The molecule has 1 heterocycles.